The average Bonchev–Trinajstić information content (AvgIpc) is 2.91. The largest absolute Gasteiger partial charge is 0.508 e. The van der Waals surface area contributed by atoms with Crippen molar-refractivity contribution in [2.45, 2.75) is 24.2 Å². The van der Waals surface area contributed by atoms with Crippen molar-refractivity contribution in [3.63, 3.8) is 0 Å². The zero-order valence-corrected chi connectivity index (χ0v) is 15.5. The predicted octanol–water partition coefficient (Wildman–Crippen LogP) is 3.85. The molecule has 0 aliphatic heterocycles. The van der Waals surface area contributed by atoms with Crippen LogP contribution in [0.5, 0.6) is 5.75 Å². The van der Waals surface area contributed by atoms with E-state index < -0.39 is 0 Å². The number of aliphatic hydroxyl groups is 1. The number of hydrogen-bond acceptors (Lipinski definition) is 5. The third kappa shape index (κ3) is 3.57. The van der Waals surface area contributed by atoms with Gasteiger partial charge in [0.15, 0.2) is 0 Å². The Hall–Kier alpha value is -2.44. The molecule has 3 aromatic rings. The molecule has 0 saturated carbocycles. The summed E-state index contributed by atoms with van der Waals surface area (Å²) in [6.45, 7) is 2.00. The number of aromatic nitrogens is 1. The van der Waals surface area contributed by atoms with Gasteiger partial charge in [-0.2, -0.15) is 0 Å². The quantitative estimate of drug-likeness (QED) is 0.509. The molecule has 26 heavy (non-hydrogen) atoms. The zero-order valence-electron chi connectivity index (χ0n) is 14.7. The van der Waals surface area contributed by atoms with Gasteiger partial charge in [-0.25, -0.2) is 4.79 Å². The van der Waals surface area contributed by atoms with Crippen LogP contribution < -0.4 is 0 Å². The Morgan fingerprint density at radius 3 is 2.73 bits per heavy atom. The Morgan fingerprint density at radius 1 is 1.23 bits per heavy atom. The molecule has 6 heteroatoms. The summed E-state index contributed by atoms with van der Waals surface area (Å²) in [6, 6.07) is 12.6. The van der Waals surface area contributed by atoms with Crippen LogP contribution in [0, 0.1) is 0 Å². The van der Waals surface area contributed by atoms with Crippen LogP contribution in [0.3, 0.4) is 0 Å². The lowest BCUT2D eigenvalue weighted by Gasteiger charge is -2.08. The second-order valence-electron chi connectivity index (χ2n) is 5.90. The smallest absolute Gasteiger partial charge is 0.340 e. The van der Waals surface area contributed by atoms with Gasteiger partial charge in [0.1, 0.15) is 5.75 Å². The molecule has 0 unspecified atom stereocenters. The number of rotatable bonds is 6. The zero-order chi connectivity index (χ0) is 18.7. The van der Waals surface area contributed by atoms with Gasteiger partial charge in [0.2, 0.25) is 0 Å². The van der Waals surface area contributed by atoms with Crippen LogP contribution in [-0.4, -0.2) is 27.4 Å². The molecule has 0 aliphatic carbocycles. The number of aliphatic hydroxyl groups excluding tert-OH is 1. The molecule has 0 atom stereocenters. The third-order valence-corrected chi connectivity index (χ3v) is 5.25. The molecule has 0 fully saturated rings. The summed E-state index contributed by atoms with van der Waals surface area (Å²) >= 11 is 1.54. The van der Waals surface area contributed by atoms with E-state index in [4.69, 9.17) is 4.74 Å². The van der Waals surface area contributed by atoms with Crippen molar-refractivity contribution in [3.8, 4) is 5.75 Å². The van der Waals surface area contributed by atoms with Gasteiger partial charge in [-0.3, -0.25) is 0 Å². The standard InChI is InChI=1S/C20H21NO4S/c1-3-25-20(24)19-16-9-13(11-22)7-8-17(16)21(2)18(19)12-26-15-6-4-5-14(23)10-15/h4-10,22-23H,3,11-12H2,1-2H3. The van der Waals surface area contributed by atoms with E-state index in [1.165, 1.54) is 11.8 Å². The topological polar surface area (TPSA) is 71.7 Å². The van der Waals surface area contributed by atoms with Crippen LogP contribution in [0.2, 0.25) is 0 Å². The minimum Gasteiger partial charge on any atom is -0.508 e. The lowest BCUT2D eigenvalue weighted by atomic mass is 10.1. The Balaban J connectivity index is 2.05. The first-order valence-electron chi connectivity index (χ1n) is 8.35. The van der Waals surface area contributed by atoms with E-state index in [2.05, 4.69) is 0 Å². The number of fused-ring (bicyclic) bond motifs is 1. The molecule has 3 rings (SSSR count). The van der Waals surface area contributed by atoms with Gasteiger partial charge in [-0.1, -0.05) is 12.1 Å². The minimum atomic E-state index is -0.361. The van der Waals surface area contributed by atoms with Crippen LogP contribution >= 0.6 is 11.8 Å². The van der Waals surface area contributed by atoms with Crippen LogP contribution in [0.1, 0.15) is 28.5 Å². The number of phenolic OH excluding ortho intramolecular Hbond substituents is 1. The summed E-state index contributed by atoms with van der Waals surface area (Å²) in [5.41, 5.74) is 3.05. The van der Waals surface area contributed by atoms with Crippen molar-refractivity contribution >= 4 is 28.6 Å². The van der Waals surface area contributed by atoms with Gasteiger partial charge < -0.3 is 19.5 Å². The third-order valence-electron chi connectivity index (χ3n) is 4.24. The van der Waals surface area contributed by atoms with Gasteiger partial charge in [-0.15, -0.1) is 11.8 Å². The molecule has 0 bridgehead atoms. The Morgan fingerprint density at radius 2 is 2.04 bits per heavy atom. The van der Waals surface area contributed by atoms with Crippen molar-refractivity contribution in [2.75, 3.05) is 6.61 Å². The molecule has 0 amide bonds. The maximum Gasteiger partial charge on any atom is 0.340 e. The second-order valence-corrected chi connectivity index (χ2v) is 6.95. The van der Waals surface area contributed by atoms with Gasteiger partial charge in [0.25, 0.3) is 0 Å². The molecule has 5 nitrogen and oxygen atoms in total. The fourth-order valence-electron chi connectivity index (χ4n) is 2.97. The second kappa shape index (κ2) is 7.85. The molecular formula is C20H21NO4S. The molecule has 0 aliphatic rings. The highest BCUT2D eigenvalue weighted by atomic mass is 32.2. The van der Waals surface area contributed by atoms with Crippen molar-refractivity contribution in [2.24, 2.45) is 7.05 Å². The number of aromatic hydroxyl groups is 1. The summed E-state index contributed by atoms with van der Waals surface area (Å²) in [4.78, 5) is 13.5. The van der Waals surface area contributed by atoms with Gasteiger partial charge in [0.05, 0.1) is 18.8 Å². The molecule has 2 aromatic carbocycles. The average molecular weight is 371 g/mol. The van der Waals surface area contributed by atoms with E-state index in [0.29, 0.717) is 17.9 Å². The summed E-state index contributed by atoms with van der Waals surface area (Å²) in [5.74, 6) is 0.405. The molecule has 1 aromatic heterocycles. The highest BCUT2D eigenvalue weighted by Gasteiger charge is 2.22. The van der Waals surface area contributed by atoms with Crippen LogP contribution in [-0.2, 0) is 24.1 Å². The van der Waals surface area contributed by atoms with Crippen molar-refractivity contribution in [1.82, 2.24) is 4.57 Å². The molecule has 0 radical (unpaired) electrons. The number of esters is 1. The van der Waals surface area contributed by atoms with E-state index in [9.17, 15) is 15.0 Å². The molecule has 2 N–H and O–H groups in total. The van der Waals surface area contributed by atoms with E-state index in [-0.39, 0.29) is 18.3 Å². The highest BCUT2D eigenvalue weighted by molar-refractivity contribution is 7.98. The number of carbonyl (C=O) groups is 1. The fraction of sp³-hybridized carbons (Fsp3) is 0.250. The summed E-state index contributed by atoms with van der Waals surface area (Å²) < 4.78 is 7.26. The SMILES string of the molecule is CCOC(=O)c1c(CSc2cccc(O)c2)n(C)c2ccc(CO)cc12. The number of benzene rings is 2. The maximum atomic E-state index is 12.6. The number of phenols is 1. The predicted molar refractivity (Wildman–Crippen MR) is 102 cm³/mol. The maximum absolute atomic E-state index is 12.6. The van der Waals surface area contributed by atoms with E-state index in [1.54, 1.807) is 25.1 Å². The normalized spacial score (nSPS) is 11.0. The molecule has 0 spiro atoms. The fourth-order valence-corrected chi connectivity index (χ4v) is 3.99. The van der Waals surface area contributed by atoms with Gasteiger partial charge in [0, 0.05) is 34.3 Å². The Bertz CT molecular complexity index is 948. The van der Waals surface area contributed by atoms with Crippen LogP contribution in [0.4, 0.5) is 0 Å². The summed E-state index contributed by atoms with van der Waals surface area (Å²) in [7, 11) is 1.92. The van der Waals surface area contributed by atoms with Crippen LogP contribution in [0.25, 0.3) is 10.9 Å². The van der Waals surface area contributed by atoms with E-state index in [1.807, 2.05) is 35.9 Å². The highest BCUT2D eigenvalue weighted by Crippen LogP contribution is 2.33. The number of carbonyl (C=O) groups excluding carboxylic acids is 1. The minimum absolute atomic E-state index is 0.0829. The van der Waals surface area contributed by atoms with Gasteiger partial charge >= 0.3 is 5.97 Å². The first-order valence-corrected chi connectivity index (χ1v) is 9.33. The molecule has 136 valence electrons. The lowest BCUT2D eigenvalue weighted by molar-refractivity contribution is 0.0527. The molecule has 1 heterocycles. The first-order chi connectivity index (χ1) is 12.5. The van der Waals surface area contributed by atoms with Crippen LogP contribution in [0.15, 0.2) is 47.4 Å². The molecular weight excluding hydrogens is 350 g/mol. The summed E-state index contributed by atoms with van der Waals surface area (Å²) in [6.07, 6.45) is 0. The number of ether oxygens (including phenoxy) is 1. The van der Waals surface area contributed by atoms with Crippen molar-refractivity contribution in [3.05, 3.63) is 59.3 Å². The van der Waals surface area contributed by atoms with Gasteiger partial charge in [-0.05, 0) is 42.8 Å². The van der Waals surface area contributed by atoms with Crippen molar-refractivity contribution in [1.29, 1.82) is 0 Å². The number of nitrogens with zero attached hydrogens (tertiary/aromatic N) is 1. The Kier molecular flexibility index (Phi) is 5.54. The Labute approximate surface area is 156 Å². The van der Waals surface area contributed by atoms with Crippen molar-refractivity contribution < 1.29 is 19.7 Å². The van der Waals surface area contributed by atoms with E-state index in [0.717, 1.165) is 27.1 Å². The molecule has 0 saturated heterocycles. The summed E-state index contributed by atoms with van der Waals surface area (Å²) in [5, 5.41) is 19.8. The number of thioether (sulfide) groups is 1. The van der Waals surface area contributed by atoms with E-state index >= 15 is 0 Å². The number of aryl methyl sites for hydroxylation is 1. The first kappa shape index (κ1) is 18.4. The lowest BCUT2D eigenvalue weighted by Crippen LogP contribution is -2.08. The number of hydrogen-bond donors (Lipinski definition) is 2. The monoisotopic (exact) mass is 371 g/mol.